The summed E-state index contributed by atoms with van der Waals surface area (Å²) in [4.78, 5) is 14.0. The van der Waals surface area contributed by atoms with E-state index >= 15 is 0 Å². The van der Waals surface area contributed by atoms with Crippen LogP contribution in [0.5, 0.6) is 0 Å². The van der Waals surface area contributed by atoms with Crippen molar-refractivity contribution in [1.82, 2.24) is 10.2 Å². The zero-order valence-electron chi connectivity index (χ0n) is 12.3. The third-order valence-electron chi connectivity index (χ3n) is 3.71. The lowest BCUT2D eigenvalue weighted by atomic mass is 9.90. The van der Waals surface area contributed by atoms with Gasteiger partial charge in [-0.25, -0.2) is 0 Å². The molecule has 0 saturated carbocycles. The Labute approximate surface area is 111 Å². The van der Waals surface area contributed by atoms with Crippen molar-refractivity contribution in [3.63, 3.8) is 0 Å². The quantitative estimate of drug-likeness (QED) is 0.563. The normalized spacial score (nSPS) is 11.9. The number of methoxy groups -OCH3 is 1. The zero-order valence-corrected chi connectivity index (χ0v) is 12.3. The van der Waals surface area contributed by atoms with Gasteiger partial charge in [0.15, 0.2) is 0 Å². The van der Waals surface area contributed by atoms with E-state index in [-0.39, 0.29) is 11.4 Å². The molecule has 3 N–H and O–H groups in total. The predicted molar refractivity (Wildman–Crippen MR) is 74.5 cm³/mol. The number of amides is 1. The second kappa shape index (κ2) is 9.30. The Morgan fingerprint density at radius 3 is 2.33 bits per heavy atom. The van der Waals surface area contributed by atoms with E-state index < -0.39 is 0 Å². The molecule has 18 heavy (non-hydrogen) atoms. The number of nitrogens with one attached hydrogen (secondary N) is 1. The minimum absolute atomic E-state index is 0.0358. The number of nitrogens with two attached hydrogens (primary N) is 1. The number of carbonyl (C=O) groups excluding carboxylic acids is 1. The predicted octanol–water partition coefficient (Wildman–Crippen LogP) is 0.588. The largest absolute Gasteiger partial charge is 0.383 e. The first kappa shape index (κ1) is 17.4. The van der Waals surface area contributed by atoms with E-state index in [2.05, 4.69) is 31.0 Å². The summed E-state index contributed by atoms with van der Waals surface area (Å²) in [7, 11) is 1.62. The lowest BCUT2D eigenvalue weighted by molar-refractivity contribution is -0.124. The van der Waals surface area contributed by atoms with Crippen molar-refractivity contribution >= 4 is 5.91 Å². The van der Waals surface area contributed by atoms with E-state index in [9.17, 15) is 4.79 Å². The third-order valence-corrected chi connectivity index (χ3v) is 3.71. The first-order valence-electron chi connectivity index (χ1n) is 6.80. The summed E-state index contributed by atoms with van der Waals surface area (Å²) < 4.78 is 4.91. The van der Waals surface area contributed by atoms with Gasteiger partial charge in [0.25, 0.3) is 0 Å². The molecule has 0 unspecified atom stereocenters. The van der Waals surface area contributed by atoms with Gasteiger partial charge in [0.1, 0.15) is 0 Å². The van der Waals surface area contributed by atoms with Crippen LogP contribution in [0.1, 0.15) is 33.6 Å². The minimum Gasteiger partial charge on any atom is -0.383 e. The average molecular weight is 259 g/mol. The number of likely N-dealkylation sites (N-methyl/N-ethyl adjacent to an activating group) is 1. The van der Waals surface area contributed by atoms with Crippen LogP contribution >= 0.6 is 0 Å². The summed E-state index contributed by atoms with van der Waals surface area (Å²) in [6, 6.07) is 0. The van der Waals surface area contributed by atoms with Crippen molar-refractivity contribution in [3.8, 4) is 0 Å². The molecule has 0 aromatic heterocycles. The molecule has 5 nitrogen and oxygen atoms in total. The Hall–Kier alpha value is -0.650. The Morgan fingerprint density at radius 2 is 1.94 bits per heavy atom. The maximum absolute atomic E-state index is 11.8. The summed E-state index contributed by atoms with van der Waals surface area (Å²) in [6.07, 6.45) is 1.92. The SMILES string of the molecule is CCN(CC(=O)NCCOC)C(CC)(CC)CN. The molecule has 0 spiro atoms. The van der Waals surface area contributed by atoms with Crippen LogP contribution in [0.25, 0.3) is 0 Å². The summed E-state index contributed by atoms with van der Waals surface area (Å²) in [5, 5.41) is 2.85. The average Bonchev–Trinajstić information content (AvgIpc) is 2.40. The van der Waals surface area contributed by atoms with Gasteiger partial charge in [-0.3, -0.25) is 9.69 Å². The van der Waals surface area contributed by atoms with E-state index in [1.54, 1.807) is 7.11 Å². The van der Waals surface area contributed by atoms with Crippen LogP contribution in [0.2, 0.25) is 0 Å². The molecule has 0 atom stereocenters. The molecule has 1 amide bonds. The van der Waals surface area contributed by atoms with Crippen molar-refractivity contribution < 1.29 is 9.53 Å². The van der Waals surface area contributed by atoms with Crippen LogP contribution < -0.4 is 11.1 Å². The van der Waals surface area contributed by atoms with Crippen LogP contribution in [0.3, 0.4) is 0 Å². The molecule has 0 saturated heterocycles. The lowest BCUT2D eigenvalue weighted by Crippen LogP contribution is -2.56. The van der Waals surface area contributed by atoms with Crippen molar-refractivity contribution in [3.05, 3.63) is 0 Å². The Bertz CT molecular complexity index is 222. The topological polar surface area (TPSA) is 67.6 Å². The molecule has 0 aliphatic rings. The maximum atomic E-state index is 11.8. The smallest absolute Gasteiger partial charge is 0.234 e. The van der Waals surface area contributed by atoms with Gasteiger partial charge in [-0.1, -0.05) is 20.8 Å². The molecule has 108 valence electrons. The second-order valence-corrected chi connectivity index (χ2v) is 4.49. The summed E-state index contributed by atoms with van der Waals surface area (Å²) in [5.41, 5.74) is 5.85. The molecule has 0 aromatic rings. The monoisotopic (exact) mass is 259 g/mol. The van der Waals surface area contributed by atoms with Gasteiger partial charge in [0, 0.05) is 25.7 Å². The number of ether oxygens (including phenoxy) is 1. The standard InChI is InChI=1S/C13H29N3O2/c1-5-13(6-2,11-14)16(7-3)10-12(17)15-8-9-18-4/h5-11,14H2,1-4H3,(H,15,17). The summed E-state index contributed by atoms with van der Waals surface area (Å²) >= 11 is 0. The fourth-order valence-corrected chi connectivity index (χ4v) is 2.25. The van der Waals surface area contributed by atoms with Crippen molar-refractivity contribution in [2.45, 2.75) is 39.2 Å². The number of nitrogens with zero attached hydrogens (tertiary/aromatic N) is 1. The van der Waals surface area contributed by atoms with E-state index in [4.69, 9.17) is 10.5 Å². The Kier molecular flexibility index (Phi) is 8.97. The molecule has 0 bridgehead atoms. The highest BCUT2D eigenvalue weighted by Gasteiger charge is 2.31. The summed E-state index contributed by atoms with van der Waals surface area (Å²) in [6.45, 7) is 9.24. The van der Waals surface area contributed by atoms with E-state index in [1.807, 2.05) is 0 Å². The van der Waals surface area contributed by atoms with Crippen molar-refractivity contribution in [2.75, 3.05) is 39.9 Å². The number of hydrogen-bond donors (Lipinski definition) is 2. The van der Waals surface area contributed by atoms with Crippen molar-refractivity contribution in [2.24, 2.45) is 5.73 Å². The van der Waals surface area contributed by atoms with Gasteiger partial charge in [-0.15, -0.1) is 0 Å². The molecule has 5 heteroatoms. The molecule has 0 radical (unpaired) electrons. The molecular weight excluding hydrogens is 230 g/mol. The lowest BCUT2D eigenvalue weighted by Gasteiger charge is -2.41. The minimum atomic E-state index is -0.0622. The Balaban J connectivity index is 4.43. The van der Waals surface area contributed by atoms with Crippen molar-refractivity contribution in [1.29, 1.82) is 0 Å². The van der Waals surface area contributed by atoms with E-state index in [1.165, 1.54) is 0 Å². The fraction of sp³-hybridized carbons (Fsp3) is 0.923. The summed E-state index contributed by atoms with van der Waals surface area (Å²) in [5.74, 6) is 0.0358. The van der Waals surface area contributed by atoms with Gasteiger partial charge in [-0.2, -0.15) is 0 Å². The first-order chi connectivity index (χ1) is 8.60. The highest BCUT2D eigenvalue weighted by molar-refractivity contribution is 5.78. The van der Waals surface area contributed by atoms with Crippen LogP contribution in [0.15, 0.2) is 0 Å². The fourth-order valence-electron chi connectivity index (χ4n) is 2.25. The Morgan fingerprint density at radius 1 is 1.33 bits per heavy atom. The highest BCUT2D eigenvalue weighted by Crippen LogP contribution is 2.22. The number of rotatable bonds is 10. The molecule has 0 fully saturated rings. The molecule has 0 rings (SSSR count). The number of hydrogen-bond acceptors (Lipinski definition) is 4. The van der Waals surface area contributed by atoms with Crippen LogP contribution in [0.4, 0.5) is 0 Å². The van der Waals surface area contributed by atoms with Crippen LogP contribution in [-0.4, -0.2) is 56.2 Å². The number of carbonyl (C=O) groups is 1. The molecule has 0 aliphatic carbocycles. The molecule has 0 aliphatic heterocycles. The zero-order chi connectivity index (χ0) is 14.0. The second-order valence-electron chi connectivity index (χ2n) is 4.49. The van der Waals surface area contributed by atoms with Gasteiger partial charge in [0.05, 0.1) is 13.2 Å². The molecule has 0 aromatic carbocycles. The van der Waals surface area contributed by atoms with Gasteiger partial charge in [0.2, 0.25) is 5.91 Å². The van der Waals surface area contributed by atoms with Gasteiger partial charge < -0.3 is 15.8 Å². The van der Waals surface area contributed by atoms with E-state index in [0.717, 1.165) is 19.4 Å². The van der Waals surface area contributed by atoms with Gasteiger partial charge in [-0.05, 0) is 19.4 Å². The highest BCUT2D eigenvalue weighted by atomic mass is 16.5. The third kappa shape index (κ3) is 4.92. The van der Waals surface area contributed by atoms with Crippen LogP contribution in [0, 0.1) is 0 Å². The van der Waals surface area contributed by atoms with E-state index in [0.29, 0.717) is 26.2 Å². The van der Waals surface area contributed by atoms with Gasteiger partial charge >= 0.3 is 0 Å². The first-order valence-corrected chi connectivity index (χ1v) is 6.80. The molecular formula is C13H29N3O2. The molecule has 0 heterocycles. The maximum Gasteiger partial charge on any atom is 0.234 e. The van der Waals surface area contributed by atoms with Crippen LogP contribution in [-0.2, 0) is 9.53 Å².